The summed E-state index contributed by atoms with van der Waals surface area (Å²) in [5.74, 6) is 0.780. The molecule has 0 unspecified atom stereocenters. The quantitative estimate of drug-likeness (QED) is 0.596. The highest BCUT2D eigenvalue weighted by molar-refractivity contribution is 7.07. The molecule has 56 valence electrons. The molecule has 2 heterocycles. The van der Waals surface area contributed by atoms with Gasteiger partial charge in [-0.3, -0.25) is 0 Å². The van der Waals surface area contributed by atoms with Gasteiger partial charge >= 0.3 is 0 Å². The van der Waals surface area contributed by atoms with E-state index in [9.17, 15) is 0 Å². The van der Waals surface area contributed by atoms with Gasteiger partial charge in [0.15, 0.2) is 5.65 Å². The van der Waals surface area contributed by atoms with Crippen molar-refractivity contribution in [3.63, 3.8) is 0 Å². The lowest BCUT2D eigenvalue weighted by Crippen LogP contribution is -1.85. The van der Waals surface area contributed by atoms with Gasteiger partial charge in [-0.15, -0.1) is 0 Å². The van der Waals surface area contributed by atoms with Crippen LogP contribution in [0.1, 0.15) is 10.7 Å². The molecule has 0 aliphatic carbocycles. The Kier molecular flexibility index (Phi) is 1.35. The van der Waals surface area contributed by atoms with E-state index in [1.165, 1.54) is 16.4 Å². The number of aryl methyl sites for hydroxylation is 2. The fraction of sp³-hybridized carbons (Fsp3) is 0.286. The molecule has 0 atom stereocenters. The Morgan fingerprint density at radius 1 is 1.36 bits per heavy atom. The first-order valence-electron chi connectivity index (χ1n) is 3.33. The van der Waals surface area contributed by atoms with Crippen molar-refractivity contribution >= 4 is 22.6 Å². The average Bonchev–Trinajstić information content (AvgIpc) is 2.32. The summed E-state index contributed by atoms with van der Waals surface area (Å²) in [5.41, 5.74) is 0.819. The van der Waals surface area contributed by atoms with Crippen LogP contribution in [0.15, 0.2) is 6.20 Å². The van der Waals surface area contributed by atoms with Crippen LogP contribution in [0.5, 0.6) is 0 Å². The molecule has 0 aromatic carbocycles. The van der Waals surface area contributed by atoms with Crippen LogP contribution in [0.25, 0.3) is 11.0 Å². The number of aromatic nitrogens is 3. The molecule has 0 saturated carbocycles. The zero-order chi connectivity index (χ0) is 7.84. The van der Waals surface area contributed by atoms with Crippen LogP contribution < -0.4 is 0 Å². The van der Waals surface area contributed by atoms with Crippen LogP contribution in [0.3, 0.4) is 0 Å². The van der Waals surface area contributed by atoms with E-state index in [1.54, 1.807) is 0 Å². The van der Waals surface area contributed by atoms with E-state index in [0.29, 0.717) is 0 Å². The highest BCUT2D eigenvalue weighted by Gasteiger charge is 2.02. The van der Waals surface area contributed by atoms with E-state index >= 15 is 0 Å². The lowest BCUT2D eigenvalue weighted by molar-refractivity contribution is 1.08. The molecule has 0 amide bonds. The van der Waals surface area contributed by atoms with Gasteiger partial charge in [-0.05, 0) is 25.4 Å². The summed E-state index contributed by atoms with van der Waals surface area (Å²) in [6, 6.07) is 0. The number of nitrogens with zero attached hydrogens (tertiary/aromatic N) is 3. The molecule has 0 bridgehead atoms. The van der Waals surface area contributed by atoms with Crippen molar-refractivity contribution in [3.05, 3.63) is 16.9 Å². The van der Waals surface area contributed by atoms with Crippen molar-refractivity contribution in [3.8, 4) is 0 Å². The highest BCUT2D eigenvalue weighted by atomic mass is 32.1. The van der Waals surface area contributed by atoms with E-state index < -0.39 is 0 Å². The third-order valence-corrected chi connectivity index (χ3v) is 2.30. The highest BCUT2D eigenvalue weighted by Crippen LogP contribution is 2.17. The van der Waals surface area contributed by atoms with E-state index in [-0.39, 0.29) is 0 Å². The lowest BCUT2D eigenvalue weighted by Gasteiger charge is -1.89. The van der Waals surface area contributed by atoms with Crippen LogP contribution in [0, 0.1) is 13.8 Å². The molecule has 0 spiro atoms. The predicted molar refractivity (Wildman–Crippen MR) is 44.7 cm³/mol. The van der Waals surface area contributed by atoms with Crippen molar-refractivity contribution in [2.24, 2.45) is 0 Å². The van der Waals surface area contributed by atoms with Gasteiger partial charge in [0, 0.05) is 11.1 Å². The van der Waals surface area contributed by atoms with Gasteiger partial charge in [0.05, 0.1) is 5.39 Å². The normalized spacial score (nSPS) is 10.7. The monoisotopic (exact) mass is 165 g/mol. The Balaban J connectivity index is 2.86. The van der Waals surface area contributed by atoms with Crippen molar-refractivity contribution in [2.45, 2.75) is 13.8 Å². The first-order valence-corrected chi connectivity index (χ1v) is 4.10. The van der Waals surface area contributed by atoms with Gasteiger partial charge < -0.3 is 0 Å². The second-order valence-electron chi connectivity index (χ2n) is 2.39. The first-order chi connectivity index (χ1) is 5.27. The van der Waals surface area contributed by atoms with Crippen LogP contribution >= 0.6 is 11.5 Å². The molecule has 0 radical (unpaired) electrons. The predicted octanol–water partition coefficient (Wildman–Crippen LogP) is 1.70. The Morgan fingerprint density at radius 2 is 2.18 bits per heavy atom. The Hall–Kier alpha value is -1.03. The molecule has 0 aliphatic rings. The maximum atomic E-state index is 4.18. The van der Waals surface area contributed by atoms with Gasteiger partial charge in [-0.1, -0.05) is 0 Å². The van der Waals surface area contributed by atoms with Gasteiger partial charge in [0.1, 0.15) is 5.82 Å². The van der Waals surface area contributed by atoms with Gasteiger partial charge in [-0.25, -0.2) is 9.97 Å². The molecule has 2 rings (SSSR count). The summed E-state index contributed by atoms with van der Waals surface area (Å²) >= 11 is 1.47. The van der Waals surface area contributed by atoms with E-state index in [1.807, 2.05) is 20.0 Å². The summed E-state index contributed by atoms with van der Waals surface area (Å²) in [6.45, 7) is 3.90. The summed E-state index contributed by atoms with van der Waals surface area (Å²) in [4.78, 5) is 9.46. The van der Waals surface area contributed by atoms with Gasteiger partial charge in [0.2, 0.25) is 0 Å². The lowest BCUT2D eigenvalue weighted by atomic mass is 10.3. The molecule has 0 aliphatic heterocycles. The smallest absolute Gasteiger partial charge is 0.176 e. The second-order valence-corrected chi connectivity index (χ2v) is 3.37. The molecular formula is C7H7N3S. The minimum Gasteiger partial charge on any atom is -0.241 e. The zero-order valence-electron chi connectivity index (χ0n) is 6.33. The Bertz CT molecular complexity index is 393. The molecule has 0 fully saturated rings. The van der Waals surface area contributed by atoms with Crippen LogP contribution in [0.4, 0.5) is 0 Å². The van der Waals surface area contributed by atoms with Crippen LogP contribution in [-0.4, -0.2) is 14.3 Å². The fourth-order valence-corrected chi connectivity index (χ4v) is 1.54. The van der Waals surface area contributed by atoms with Crippen LogP contribution in [-0.2, 0) is 0 Å². The number of rotatable bonds is 0. The minimum absolute atomic E-state index is 0.780. The SMILES string of the molecule is Cc1ncc2c(C)snc2n1. The zero-order valence-corrected chi connectivity index (χ0v) is 7.14. The van der Waals surface area contributed by atoms with E-state index in [2.05, 4.69) is 14.3 Å². The number of hydrogen-bond donors (Lipinski definition) is 0. The van der Waals surface area contributed by atoms with Crippen molar-refractivity contribution in [1.82, 2.24) is 14.3 Å². The van der Waals surface area contributed by atoms with Gasteiger partial charge in [0.25, 0.3) is 0 Å². The molecule has 11 heavy (non-hydrogen) atoms. The molecule has 0 N–H and O–H groups in total. The molecule has 0 saturated heterocycles. The third kappa shape index (κ3) is 0.991. The molecule has 2 aromatic heterocycles. The summed E-state index contributed by atoms with van der Waals surface area (Å²) in [6.07, 6.45) is 1.83. The largest absolute Gasteiger partial charge is 0.241 e. The van der Waals surface area contributed by atoms with E-state index in [0.717, 1.165) is 16.9 Å². The maximum absolute atomic E-state index is 4.18. The average molecular weight is 165 g/mol. The number of fused-ring (bicyclic) bond motifs is 1. The van der Waals surface area contributed by atoms with Crippen molar-refractivity contribution in [2.75, 3.05) is 0 Å². The van der Waals surface area contributed by atoms with Gasteiger partial charge in [-0.2, -0.15) is 4.37 Å². The maximum Gasteiger partial charge on any atom is 0.176 e. The minimum atomic E-state index is 0.780. The summed E-state index contributed by atoms with van der Waals surface area (Å²) < 4.78 is 4.17. The molecule has 2 aromatic rings. The first kappa shape index (κ1) is 6.67. The summed E-state index contributed by atoms with van der Waals surface area (Å²) in [5, 5.41) is 1.07. The van der Waals surface area contributed by atoms with Crippen molar-refractivity contribution < 1.29 is 0 Å². The number of hydrogen-bond acceptors (Lipinski definition) is 4. The Morgan fingerprint density at radius 3 is 3.00 bits per heavy atom. The van der Waals surface area contributed by atoms with Crippen LogP contribution in [0.2, 0.25) is 0 Å². The third-order valence-electron chi connectivity index (χ3n) is 1.54. The fourth-order valence-electron chi connectivity index (χ4n) is 0.937. The topological polar surface area (TPSA) is 38.7 Å². The summed E-state index contributed by atoms with van der Waals surface area (Å²) in [7, 11) is 0. The van der Waals surface area contributed by atoms with E-state index in [4.69, 9.17) is 0 Å². The molecular weight excluding hydrogens is 158 g/mol. The Labute approximate surface area is 68.3 Å². The molecule has 4 heteroatoms. The van der Waals surface area contributed by atoms with Crippen molar-refractivity contribution in [1.29, 1.82) is 0 Å². The second kappa shape index (κ2) is 2.23. The molecule has 3 nitrogen and oxygen atoms in total. The standard InChI is InChI=1S/C7H7N3S/c1-4-6-3-8-5(2)9-7(6)10-11-4/h3H,1-2H3.